The number of anilines is 1. The van der Waals surface area contributed by atoms with Crippen LogP contribution in [0.4, 0.5) is 5.69 Å². The molecule has 0 aliphatic carbocycles. The van der Waals surface area contributed by atoms with Crippen LogP contribution in [-0.4, -0.2) is 23.7 Å². The molecule has 0 aromatic heterocycles. The smallest absolute Gasteiger partial charge is 0.339 e. The number of fused-ring (bicyclic) bond motifs is 1. The number of aromatic carboxylic acids is 1. The summed E-state index contributed by atoms with van der Waals surface area (Å²) in [5.74, 6) is -1.81. The van der Waals surface area contributed by atoms with Crippen molar-refractivity contribution >= 4 is 28.4 Å². The number of nitrogens with two attached hydrogens (primary N) is 1. The minimum Gasteiger partial charge on any atom is -0.478 e. The molecule has 0 saturated carbocycles. The van der Waals surface area contributed by atoms with E-state index in [0.717, 1.165) is 0 Å². The molecule has 0 aliphatic heterocycles. The van der Waals surface area contributed by atoms with E-state index in [9.17, 15) is 9.59 Å². The molecular formula is C14H13NO4. The summed E-state index contributed by atoms with van der Waals surface area (Å²) in [6, 6.07) is 8.02. The zero-order valence-electron chi connectivity index (χ0n) is 10.3. The quantitative estimate of drug-likeness (QED) is 0.652. The van der Waals surface area contributed by atoms with Gasteiger partial charge in [-0.05, 0) is 42.0 Å². The normalized spacial score (nSPS) is 10.4. The van der Waals surface area contributed by atoms with E-state index >= 15 is 0 Å². The number of rotatable bonds is 3. The van der Waals surface area contributed by atoms with Crippen molar-refractivity contribution in [3.63, 3.8) is 0 Å². The Bertz CT molecular complexity index is 664. The van der Waals surface area contributed by atoms with Gasteiger partial charge in [-0.1, -0.05) is 6.07 Å². The van der Waals surface area contributed by atoms with Crippen molar-refractivity contribution in [2.75, 3.05) is 12.3 Å². The number of carboxylic acids is 1. The van der Waals surface area contributed by atoms with Crippen LogP contribution >= 0.6 is 0 Å². The van der Waals surface area contributed by atoms with Gasteiger partial charge >= 0.3 is 11.9 Å². The van der Waals surface area contributed by atoms with E-state index < -0.39 is 11.9 Å². The number of carbonyl (C=O) groups is 2. The average Bonchev–Trinajstić information content (AvgIpc) is 2.37. The van der Waals surface area contributed by atoms with Gasteiger partial charge in [0.2, 0.25) is 0 Å². The van der Waals surface area contributed by atoms with E-state index in [2.05, 4.69) is 0 Å². The van der Waals surface area contributed by atoms with Crippen LogP contribution in [0.1, 0.15) is 27.6 Å². The fourth-order valence-electron chi connectivity index (χ4n) is 1.87. The fraction of sp³-hybridized carbons (Fsp3) is 0.143. The van der Waals surface area contributed by atoms with E-state index in [-0.39, 0.29) is 17.7 Å². The van der Waals surface area contributed by atoms with E-state index in [4.69, 9.17) is 15.6 Å². The number of ether oxygens (including phenoxy) is 1. The van der Waals surface area contributed by atoms with Crippen LogP contribution in [-0.2, 0) is 4.74 Å². The second kappa shape index (κ2) is 4.97. The van der Waals surface area contributed by atoms with Gasteiger partial charge in [-0.3, -0.25) is 0 Å². The lowest BCUT2D eigenvalue weighted by Gasteiger charge is -2.08. The van der Waals surface area contributed by atoms with Crippen molar-refractivity contribution in [2.24, 2.45) is 0 Å². The molecule has 0 amide bonds. The van der Waals surface area contributed by atoms with Gasteiger partial charge in [0.15, 0.2) is 0 Å². The Kier molecular flexibility index (Phi) is 3.37. The number of esters is 1. The minimum absolute atomic E-state index is 0.0347. The van der Waals surface area contributed by atoms with E-state index in [1.54, 1.807) is 25.1 Å². The predicted molar refractivity (Wildman–Crippen MR) is 71.3 cm³/mol. The second-order valence-electron chi connectivity index (χ2n) is 4.03. The van der Waals surface area contributed by atoms with E-state index in [0.29, 0.717) is 16.5 Å². The van der Waals surface area contributed by atoms with Crippen LogP contribution in [0.15, 0.2) is 30.3 Å². The molecule has 19 heavy (non-hydrogen) atoms. The standard InChI is InChI=1S/C14H13NO4/c1-2-19-14(18)12-7-9-5-10(15)4-3-8(9)6-11(12)13(16)17/h3-7H,2,15H2,1H3,(H,16,17). The molecule has 0 radical (unpaired) electrons. The highest BCUT2D eigenvalue weighted by atomic mass is 16.5. The fourth-order valence-corrected chi connectivity index (χ4v) is 1.87. The Morgan fingerprint density at radius 2 is 1.84 bits per heavy atom. The lowest BCUT2D eigenvalue weighted by atomic mass is 10.0. The van der Waals surface area contributed by atoms with Gasteiger partial charge in [-0.15, -0.1) is 0 Å². The maximum absolute atomic E-state index is 11.8. The first-order valence-electron chi connectivity index (χ1n) is 5.76. The van der Waals surface area contributed by atoms with E-state index in [1.807, 2.05) is 0 Å². The Hall–Kier alpha value is -2.56. The van der Waals surface area contributed by atoms with E-state index in [1.165, 1.54) is 12.1 Å². The van der Waals surface area contributed by atoms with Crippen molar-refractivity contribution in [3.05, 3.63) is 41.5 Å². The van der Waals surface area contributed by atoms with Gasteiger partial charge in [0.05, 0.1) is 17.7 Å². The second-order valence-corrected chi connectivity index (χ2v) is 4.03. The molecule has 3 N–H and O–H groups in total. The van der Waals surface area contributed by atoms with Crippen molar-refractivity contribution < 1.29 is 19.4 Å². The maximum atomic E-state index is 11.8. The van der Waals surface area contributed by atoms with Gasteiger partial charge in [-0.2, -0.15) is 0 Å². The molecule has 0 atom stereocenters. The lowest BCUT2D eigenvalue weighted by Crippen LogP contribution is -2.11. The first kappa shape index (κ1) is 12.9. The predicted octanol–water partition coefficient (Wildman–Crippen LogP) is 2.30. The third-order valence-electron chi connectivity index (χ3n) is 2.73. The number of hydrogen-bond donors (Lipinski definition) is 2. The molecule has 5 heteroatoms. The van der Waals surface area contributed by atoms with Crippen LogP contribution in [0.3, 0.4) is 0 Å². The number of carboxylic acid groups (broad SMARTS) is 1. The monoisotopic (exact) mass is 259 g/mol. The molecule has 0 saturated heterocycles. The molecule has 0 unspecified atom stereocenters. The summed E-state index contributed by atoms with van der Waals surface area (Å²) in [4.78, 5) is 23.0. The summed E-state index contributed by atoms with van der Waals surface area (Å²) >= 11 is 0. The Labute approximate surface area is 109 Å². The Morgan fingerprint density at radius 1 is 1.16 bits per heavy atom. The summed E-state index contributed by atoms with van der Waals surface area (Å²) < 4.78 is 4.86. The Morgan fingerprint density at radius 3 is 2.47 bits per heavy atom. The summed E-state index contributed by atoms with van der Waals surface area (Å²) in [5, 5.41) is 10.6. The highest BCUT2D eigenvalue weighted by Gasteiger charge is 2.18. The van der Waals surface area contributed by atoms with Crippen molar-refractivity contribution in [1.82, 2.24) is 0 Å². The van der Waals surface area contributed by atoms with Crippen LogP contribution in [0.2, 0.25) is 0 Å². The molecule has 2 aromatic rings. The Balaban J connectivity index is 2.68. The van der Waals surface area contributed by atoms with Crippen molar-refractivity contribution in [2.45, 2.75) is 6.92 Å². The largest absolute Gasteiger partial charge is 0.478 e. The summed E-state index contributed by atoms with van der Waals surface area (Å²) in [6.07, 6.45) is 0. The van der Waals surface area contributed by atoms with Gasteiger partial charge in [-0.25, -0.2) is 9.59 Å². The van der Waals surface area contributed by atoms with Crippen LogP contribution < -0.4 is 5.73 Å². The molecular weight excluding hydrogens is 246 g/mol. The highest BCUT2D eigenvalue weighted by Crippen LogP contribution is 2.23. The topological polar surface area (TPSA) is 89.6 Å². The van der Waals surface area contributed by atoms with Crippen LogP contribution in [0.25, 0.3) is 10.8 Å². The highest BCUT2D eigenvalue weighted by molar-refractivity contribution is 6.07. The number of benzene rings is 2. The molecule has 0 spiro atoms. The molecule has 2 rings (SSSR count). The van der Waals surface area contributed by atoms with Crippen LogP contribution in [0, 0.1) is 0 Å². The average molecular weight is 259 g/mol. The first-order chi connectivity index (χ1) is 9.02. The van der Waals surface area contributed by atoms with Gasteiger partial charge in [0.25, 0.3) is 0 Å². The van der Waals surface area contributed by atoms with Crippen molar-refractivity contribution in [1.29, 1.82) is 0 Å². The SMILES string of the molecule is CCOC(=O)c1cc2cc(N)ccc2cc1C(=O)O. The zero-order valence-corrected chi connectivity index (χ0v) is 10.3. The van der Waals surface area contributed by atoms with Gasteiger partial charge in [0, 0.05) is 5.69 Å². The molecule has 5 nitrogen and oxygen atoms in total. The molecule has 0 fully saturated rings. The molecule has 0 heterocycles. The molecule has 0 aliphatic rings. The summed E-state index contributed by atoms with van der Waals surface area (Å²) in [5.41, 5.74) is 6.18. The van der Waals surface area contributed by atoms with Gasteiger partial charge in [0.1, 0.15) is 0 Å². The molecule has 2 aromatic carbocycles. The third kappa shape index (κ3) is 2.49. The summed E-state index contributed by atoms with van der Waals surface area (Å²) in [7, 11) is 0. The third-order valence-corrected chi connectivity index (χ3v) is 2.73. The minimum atomic E-state index is -1.17. The molecule has 98 valence electrons. The summed E-state index contributed by atoms with van der Waals surface area (Å²) in [6.45, 7) is 1.85. The number of carbonyl (C=O) groups excluding carboxylic acids is 1. The molecule has 0 bridgehead atoms. The first-order valence-corrected chi connectivity index (χ1v) is 5.76. The van der Waals surface area contributed by atoms with Crippen molar-refractivity contribution in [3.8, 4) is 0 Å². The lowest BCUT2D eigenvalue weighted by molar-refractivity contribution is 0.0515. The number of nitrogen functional groups attached to an aromatic ring is 1. The maximum Gasteiger partial charge on any atom is 0.339 e. The van der Waals surface area contributed by atoms with Crippen LogP contribution in [0.5, 0.6) is 0 Å². The van der Waals surface area contributed by atoms with Gasteiger partial charge < -0.3 is 15.6 Å². The number of hydrogen-bond acceptors (Lipinski definition) is 4. The zero-order chi connectivity index (χ0) is 14.0.